The number of carbonyl (C=O) groups is 1. The summed E-state index contributed by atoms with van der Waals surface area (Å²) in [5, 5.41) is 7.23. The molecule has 3 aromatic rings. The first kappa shape index (κ1) is 25.7. The number of amides is 1. The molecule has 1 aliphatic rings. The maximum absolute atomic E-state index is 13.0. The highest BCUT2D eigenvalue weighted by Crippen LogP contribution is 2.32. The fraction of sp³-hybridized carbons (Fsp3) is 0.333. The van der Waals surface area contributed by atoms with Crippen LogP contribution in [0.15, 0.2) is 47.4 Å². The molecule has 0 aliphatic carbocycles. The molecule has 186 valence electrons. The number of benzene rings is 2. The van der Waals surface area contributed by atoms with Crippen molar-refractivity contribution in [1.29, 1.82) is 0 Å². The molecular formula is C24H26Cl2N4O4S. The molecule has 11 heteroatoms. The van der Waals surface area contributed by atoms with E-state index in [1.807, 2.05) is 11.9 Å². The van der Waals surface area contributed by atoms with E-state index in [4.69, 9.17) is 23.2 Å². The largest absolute Gasteiger partial charge is 0.294 e. The molecule has 35 heavy (non-hydrogen) atoms. The predicted octanol–water partition coefficient (Wildman–Crippen LogP) is 5.18. The van der Waals surface area contributed by atoms with Crippen LogP contribution >= 0.6 is 23.2 Å². The number of piperidine rings is 1. The van der Waals surface area contributed by atoms with E-state index < -0.39 is 10.1 Å². The third-order valence-electron chi connectivity index (χ3n) is 5.85. The second-order valence-corrected chi connectivity index (χ2v) is 10.7. The summed E-state index contributed by atoms with van der Waals surface area (Å²) < 4.78 is 34.9. The first-order valence-electron chi connectivity index (χ1n) is 11.4. The summed E-state index contributed by atoms with van der Waals surface area (Å²) in [5.41, 5.74) is 5.25. The Morgan fingerprint density at radius 2 is 1.83 bits per heavy atom. The Hall–Kier alpha value is -2.43. The Morgan fingerprint density at radius 1 is 1.09 bits per heavy atom. The topological polar surface area (TPSA) is 105 Å². The van der Waals surface area contributed by atoms with Gasteiger partial charge in [0.15, 0.2) is 5.69 Å². The second kappa shape index (κ2) is 10.7. The third kappa shape index (κ3) is 5.87. The van der Waals surface area contributed by atoms with Gasteiger partial charge in [0.2, 0.25) is 0 Å². The van der Waals surface area contributed by atoms with E-state index in [1.54, 1.807) is 41.1 Å². The van der Waals surface area contributed by atoms with E-state index in [0.717, 1.165) is 32.4 Å². The van der Waals surface area contributed by atoms with Crippen LogP contribution in [-0.2, 0) is 16.5 Å². The summed E-state index contributed by atoms with van der Waals surface area (Å²) in [6.45, 7) is 3.47. The molecule has 4 rings (SSSR count). The number of hydrazine groups is 1. The number of halogens is 2. The molecule has 2 heterocycles. The summed E-state index contributed by atoms with van der Waals surface area (Å²) >= 11 is 12.5. The molecule has 0 saturated carbocycles. The Bertz CT molecular complexity index is 1350. The molecule has 0 atom stereocenters. The zero-order valence-electron chi connectivity index (χ0n) is 19.2. The van der Waals surface area contributed by atoms with Crippen molar-refractivity contribution in [1.82, 2.24) is 20.2 Å². The van der Waals surface area contributed by atoms with Crippen LogP contribution in [0.25, 0.3) is 16.9 Å². The standard InChI is InChI=1S/C24H26Cl2N4O4S/c1-2-6-17-13-16(7-10-23(17)35(32,33)34)22-15-20(24(31)28-29-11-4-3-5-12-29)27-30(22)21-9-8-18(25)14-19(21)26/h7-10,13-15H,2-6,11-12H2,1H3,(H,28,31)(H,32,33,34). The lowest BCUT2D eigenvalue weighted by Gasteiger charge is -2.26. The predicted molar refractivity (Wildman–Crippen MR) is 136 cm³/mol. The van der Waals surface area contributed by atoms with Crippen LogP contribution in [0.5, 0.6) is 0 Å². The Kier molecular flexibility index (Phi) is 7.83. The van der Waals surface area contributed by atoms with Gasteiger partial charge in [0.25, 0.3) is 16.0 Å². The van der Waals surface area contributed by atoms with Crippen LogP contribution < -0.4 is 5.43 Å². The lowest BCUT2D eigenvalue weighted by molar-refractivity contribution is 0.0744. The number of rotatable bonds is 7. The van der Waals surface area contributed by atoms with Gasteiger partial charge >= 0.3 is 0 Å². The summed E-state index contributed by atoms with van der Waals surface area (Å²) in [7, 11) is -4.38. The monoisotopic (exact) mass is 536 g/mol. The molecule has 1 aromatic heterocycles. The van der Waals surface area contributed by atoms with Crippen LogP contribution in [-0.4, -0.2) is 46.8 Å². The molecule has 8 nitrogen and oxygen atoms in total. The van der Waals surface area contributed by atoms with Gasteiger partial charge in [-0.05, 0) is 61.2 Å². The van der Waals surface area contributed by atoms with Gasteiger partial charge in [0.05, 0.1) is 21.3 Å². The van der Waals surface area contributed by atoms with Gasteiger partial charge in [-0.3, -0.25) is 14.8 Å². The van der Waals surface area contributed by atoms with Gasteiger partial charge in [-0.25, -0.2) is 9.69 Å². The number of nitrogens with one attached hydrogen (secondary N) is 1. The average Bonchev–Trinajstić information content (AvgIpc) is 3.24. The minimum Gasteiger partial charge on any atom is -0.283 e. The molecule has 0 radical (unpaired) electrons. The van der Waals surface area contributed by atoms with Gasteiger partial charge in [0.1, 0.15) is 0 Å². The van der Waals surface area contributed by atoms with Crippen molar-refractivity contribution in [3.8, 4) is 16.9 Å². The number of aromatic nitrogens is 2. The van der Waals surface area contributed by atoms with Crippen molar-refractivity contribution >= 4 is 39.2 Å². The highest BCUT2D eigenvalue weighted by molar-refractivity contribution is 7.85. The van der Waals surface area contributed by atoms with Crippen LogP contribution in [0.3, 0.4) is 0 Å². The number of hydrogen-bond acceptors (Lipinski definition) is 5. The summed E-state index contributed by atoms with van der Waals surface area (Å²) in [4.78, 5) is 12.9. The number of hydrogen-bond donors (Lipinski definition) is 2. The molecule has 1 amide bonds. The van der Waals surface area contributed by atoms with Gasteiger partial charge < -0.3 is 0 Å². The van der Waals surface area contributed by atoms with Gasteiger partial charge in [0, 0.05) is 23.7 Å². The Labute approximate surface area is 214 Å². The van der Waals surface area contributed by atoms with E-state index in [0.29, 0.717) is 45.4 Å². The van der Waals surface area contributed by atoms with Crippen molar-refractivity contribution in [2.24, 2.45) is 0 Å². The third-order valence-corrected chi connectivity index (χ3v) is 7.34. The fourth-order valence-electron chi connectivity index (χ4n) is 4.20. The van der Waals surface area contributed by atoms with Gasteiger partial charge in [-0.1, -0.05) is 49.0 Å². The first-order chi connectivity index (χ1) is 16.7. The summed E-state index contributed by atoms with van der Waals surface area (Å²) in [6, 6.07) is 11.2. The molecule has 1 saturated heterocycles. The summed E-state index contributed by atoms with van der Waals surface area (Å²) in [5.74, 6) is -0.347. The SMILES string of the molecule is CCCc1cc(-c2cc(C(=O)NN3CCCCC3)nn2-c2ccc(Cl)cc2Cl)ccc1S(=O)(=O)O. The second-order valence-electron chi connectivity index (χ2n) is 8.46. The van der Waals surface area contributed by atoms with Crippen LogP contribution in [0.1, 0.15) is 48.7 Å². The van der Waals surface area contributed by atoms with Crippen molar-refractivity contribution < 1.29 is 17.8 Å². The highest BCUT2D eigenvalue weighted by Gasteiger charge is 2.22. The Balaban J connectivity index is 1.82. The first-order valence-corrected chi connectivity index (χ1v) is 13.6. The zero-order chi connectivity index (χ0) is 25.2. The van der Waals surface area contributed by atoms with Crippen LogP contribution in [0.2, 0.25) is 10.0 Å². The van der Waals surface area contributed by atoms with E-state index >= 15 is 0 Å². The van der Waals surface area contributed by atoms with Crippen LogP contribution in [0, 0.1) is 0 Å². The smallest absolute Gasteiger partial charge is 0.283 e. The van der Waals surface area contributed by atoms with Crippen molar-refractivity contribution in [2.75, 3.05) is 13.1 Å². The highest BCUT2D eigenvalue weighted by atomic mass is 35.5. The quantitative estimate of drug-likeness (QED) is 0.403. The number of nitrogens with zero attached hydrogens (tertiary/aromatic N) is 3. The van der Waals surface area contributed by atoms with Crippen LogP contribution in [0.4, 0.5) is 0 Å². The molecule has 2 N–H and O–H groups in total. The number of carbonyl (C=O) groups excluding carboxylic acids is 1. The molecule has 0 bridgehead atoms. The molecule has 1 fully saturated rings. The minimum atomic E-state index is -4.38. The van der Waals surface area contributed by atoms with E-state index in [-0.39, 0.29) is 16.5 Å². The van der Waals surface area contributed by atoms with Gasteiger partial charge in [-0.15, -0.1) is 0 Å². The molecule has 0 spiro atoms. The zero-order valence-corrected chi connectivity index (χ0v) is 21.5. The lowest BCUT2D eigenvalue weighted by Crippen LogP contribution is -2.45. The minimum absolute atomic E-state index is 0.137. The van der Waals surface area contributed by atoms with E-state index in [9.17, 15) is 17.8 Å². The average molecular weight is 537 g/mol. The maximum atomic E-state index is 13.0. The fourth-order valence-corrected chi connectivity index (χ4v) is 5.42. The van der Waals surface area contributed by atoms with Gasteiger partial charge in [-0.2, -0.15) is 13.5 Å². The molecular weight excluding hydrogens is 511 g/mol. The molecule has 1 aliphatic heterocycles. The maximum Gasteiger partial charge on any atom is 0.294 e. The van der Waals surface area contributed by atoms with E-state index in [1.165, 1.54) is 6.07 Å². The molecule has 2 aromatic carbocycles. The summed E-state index contributed by atoms with van der Waals surface area (Å²) in [6.07, 6.45) is 4.29. The van der Waals surface area contributed by atoms with Crippen molar-refractivity contribution in [3.05, 3.63) is 63.8 Å². The normalized spacial score (nSPS) is 14.7. The van der Waals surface area contributed by atoms with Crippen molar-refractivity contribution in [2.45, 2.75) is 43.9 Å². The molecule has 0 unspecified atom stereocenters. The Morgan fingerprint density at radius 3 is 2.49 bits per heavy atom. The number of aryl methyl sites for hydroxylation is 1. The van der Waals surface area contributed by atoms with Crippen molar-refractivity contribution in [3.63, 3.8) is 0 Å². The van der Waals surface area contributed by atoms with E-state index in [2.05, 4.69) is 10.5 Å². The lowest BCUT2D eigenvalue weighted by atomic mass is 10.0.